The lowest BCUT2D eigenvalue weighted by atomic mass is 9.80. The molecule has 0 saturated heterocycles. The minimum absolute atomic E-state index is 0.0233. The molecule has 2 unspecified atom stereocenters. The molecule has 12 heavy (non-hydrogen) atoms. The van der Waals surface area contributed by atoms with Gasteiger partial charge in [0.2, 0.25) is 0 Å². The van der Waals surface area contributed by atoms with Gasteiger partial charge in [-0.1, -0.05) is 13.8 Å². The average molecular weight is 162 g/mol. The van der Waals surface area contributed by atoms with Gasteiger partial charge in [0.25, 0.3) is 0 Å². The van der Waals surface area contributed by atoms with Crippen LogP contribution in [0.2, 0.25) is 0 Å². The van der Waals surface area contributed by atoms with E-state index in [2.05, 4.69) is 39.5 Å². The van der Waals surface area contributed by atoms with Crippen LogP contribution in [0.25, 0.3) is 0 Å². The number of terminal acetylenes is 2. The van der Waals surface area contributed by atoms with E-state index in [-0.39, 0.29) is 5.41 Å². The molecule has 0 rings (SSSR count). The van der Waals surface area contributed by atoms with Gasteiger partial charge in [-0.2, -0.15) is 0 Å². The van der Waals surface area contributed by atoms with Crippen molar-refractivity contribution in [3.8, 4) is 24.7 Å². The van der Waals surface area contributed by atoms with Crippen molar-refractivity contribution >= 4 is 0 Å². The second kappa shape index (κ2) is 4.22. The highest BCUT2D eigenvalue weighted by Crippen LogP contribution is 2.27. The Morgan fingerprint density at radius 1 is 1.25 bits per heavy atom. The maximum absolute atomic E-state index is 5.39. The molecule has 0 aliphatic heterocycles. The van der Waals surface area contributed by atoms with E-state index in [1.807, 2.05) is 0 Å². The molecule has 0 aliphatic carbocycles. The topological polar surface area (TPSA) is 0 Å². The molecule has 0 N–H and O–H groups in total. The van der Waals surface area contributed by atoms with Gasteiger partial charge in [0, 0.05) is 11.3 Å². The summed E-state index contributed by atoms with van der Waals surface area (Å²) in [6.07, 6.45) is 11.7. The van der Waals surface area contributed by atoms with Gasteiger partial charge in [0.1, 0.15) is 0 Å². The van der Waals surface area contributed by atoms with Gasteiger partial charge in [0.15, 0.2) is 0 Å². The molecular weight excluding hydrogens is 144 g/mol. The van der Waals surface area contributed by atoms with Crippen LogP contribution in [0.1, 0.15) is 34.1 Å². The predicted molar refractivity (Wildman–Crippen MR) is 54.4 cm³/mol. The van der Waals surface area contributed by atoms with Crippen molar-refractivity contribution in [2.24, 2.45) is 17.3 Å². The summed E-state index contributed by atoms with van der Waals surface area (Å²) in [5.41, 5.74) is -0.0233. The Bertz CT molecular complexity index is 209. The molecule has 0 aliphatic rings. The van der Waals surface area contributed by atoms with E-state index in [0.29, 0.717) is 11.8 Å². The van der Waals surface area contributed by atoms with Crippen LogP contribution < -0.4 is 0 Å². The molecule has 0 bridgehead atoms. The van der Waals surface area contributed by atoms with E-state index >= 15 is 0 Å². The normalized spacial score (nSPS) is 15.8. The highest BCUT2D eigenvalue weighted by atomic mass is 14.2. The first-order valence-electron chi connectivity index (χ1n) is 4.37. The first kappa shape index (κ1) is 11.1. The SMILES string of the molecule is C#CC(C)C(C)CC(C)(C)C#C. The summed E-state index contributed by atoms with van der Waals surface area (Å²) in [6.45, 7) is 8.38. The van der Waals surface area contributed by atoms with Gasteiger partial charge in [-0.25, -0.2) is 0 Å². The van der Waals surface area contributed by atoms with E-state index < -0.39 is 0 Å². The molecule has 0 amide bonds. The molecule has 0 nitrogen and oxygen atoms in total. The van der Waals surface area contributed by atoms with Crippen molar-refractivity contribution in [1.29, 1.82) is 0 Å². The van der Waals surface area contributed by atoms with E-state index in [4.69, 9.17) is 12.8 Å². The third-order valence-electron chi connectivity index (χ3n) is 2.34. The molecule has 0 spiro atoms. The Morgan fingerprint density at radius 3 is 2.08 bits per heavy atom. The highest BCUT2D eigenvalue weighted by molar-refractivity contribution is 5.03. The van der Waals surface area contributed by atoms with Crippen molar-refractivity contribution in [3.05, 3.63) is 0 Å². The molecule has 0 fully saturated rings. The van der Waals surface area contributed by atoms with Gasteiger partial charge in [-0.15, -0.1) is 24.7 Å². The van der Waals surface area contributed by atoms with Crippen LogP contribution in [0.3, 0.4) is 0 Å². The lowest BCUT2D eigenvalue weighted by molar-refractivity contribution is 0.321. The maximum atomic E-state index is 5.39. The zero-order valence-electron chi connectivity index (χ0n) is 8.52. The zero-order chi connectivity index (χ0) is 9.78. The minimum Gasteiger partial charge on any atom is -0.120 e. The van der Waals surface area contributed by atoms with Gasteiger partial charge in [-0.3, -0.25) is 0 Å². The molecule has 0 aromatic heterocycles. The Hall–Kier alpha value is -0.880. The fraction of sp³-hybridized carbons (Fsp3) is 0.667. The maximum Gasteiger partial charge on any atom is 0.0258 e. The number of hydrogen-bond donors (Lipinski definition) is 0. The van der Waals surface area contributed by atoms with Crippen LogP contribution in [0.15, 0.2) is 0 Å². The summed E-state index contributed by atoms with van der Waals surface area (Å²) in [6, 6.07) is 0. The van der Waals surface area contributed by atoms with E-state index in [1.54, 1.807) is 0 Å². The summed E-state index contributed by atoms with van der Waals surface area (Å²) in [5.74, 6) is 6.34. The van der Waals surface area contributed by atoms with Crippen LogP contribution in [0, 0.1) is 41.9 Å². The smallest absolute Gasteiger partial charge is 0.0258 e. The molecule has 0 heterocycles. The Morgan fingerprint density at radius 2 is 1.75 bits per heavy atom. The largest absolute Gasteiger partial charge is 0.120 e. The molecular formula is C12H18. The molecule has 2 atom stereocenters. The summed E-state index contributed by atoms with van der Waals surface area (Å²) in [5, 5.41) is 0. The molecule has 0 heteroatoms. The second-order valence-electron chi connectivity index (χ2n) is 4.16. The van der Waals surface area contributed by atoms with Gasteiger partial charge in [-0.05, 0) is 26.2 Å². The van der Waals surface area contributed by atoms with Gasteiger partial charge in [0.05, 0.1) is 0 Å². The number of rotatable bonds is 3. The highest BCUT2D eigenvalue weighted by Gasteiger charge is 2.20. The summed E-state index contributed by atoms with van der Waals surface area (Å²) in [4.78, 5) is 0. The molecule has 0 saturated carbocycles. The van der Waals surface area contributed by atoms with Crippen LogP contribution in [-0.2, 0) is 0 Å². The Kier molecular flexibility index (Phi) is 3.91. The third kappa shape index (κ3) is 3.49. The first-order chi connectivity index (χ1) is 5.43. The van der Waals surface area contributed by atoms with Crippen LogP contribution in [0.4, 0.5) is 0 Å². The molecule has 66 valence electrons. The van der Waals surface area contributed by atoms with Crippen LogP contribution in [0.5, 0.6) is 0 Å². The quantitative estimate of drug-likeness (QED) is 0.560. The first-order valence-corrected chi connectivity index (χ1v) is 4.37. The van der Waals surface area contributed by atoms with Crippen LogP contribution >= 0.6 is 0 Å². The fourth-order valence-electron chi connectivity index (χ4n) is 1.20. The minimum atomic E-state index is -0.0233. The Balaban J connectivity index is 4.13. The summed E-state index contributed by atoms with van der Waals surface area (Å²) >= 11 is 0. The van der Waals surface area contributed by atoms with Crippen molar-refractivity contribution in [2.75, 3.05) is 0 Å². The third-order valence-corrected chi connectivity index (χ3v) is 2.34. The van der Waals surface area contributed by atoms with Crippen LogP contribution in [-0.4, -0.2) is 0 Å². The zero-order valence-corrected chi connectivity index (χ0v) is 8.52. The molecule has 0 aromatic rings. The van der Waals surface area contributed by atoms with Crippen molar-refractivity contribution < 1.29 is 0 Å². The lowest BCUT2D eigenvalue weighted by Gasteiger charge is -2.24. The summed E-state index contributed by atoms with van der Waals surface area (Å²) < 4.78 is 0. The summed E-state index contributed by atoms with van der Waals surface area (Å²) in [7, 11) is 0. The van der Waals surface area contributed by atoms with Gasteiger partial charge >= 0.3 is 0 Å². The number of hydrogen-bond acceptors (Lipinski definition) is 0. The molecule has 0 aromatic carbocycles. The van der Waals surface area contributed by atoms with Crippen molar-refractivity contribution in [3.63, 3.8) is 0 Å². The second-order valence-corrected chi connectivity index (χ2v) is 4.16. The van der Waals surface area contributed by atoms with E-state index in [9.17, 15) is 0 Å². The predicted octanol–water partition coefficient (Wildman–Crippen LogP) is 2.94. The average Bonchev–Trinajstić information content (AvgIpc) is 2.02. The van der Waals surface area contributed by atoms with E-state index in [0.717, 1.165) is 6.42 Å². The van der Waals surface area contributed by atoms with Crippen molar-refractivity contribution in [1.82, 2.24) is 0 Å². The molecule has 0 radical (unpaired) electrons. The Labute approximate surface area is 76.8 Å². The fourth-order valence-corrected chi connectivity index (χ4v) is 1.20. The van der Waals surface area contributed by atoms with Gasteiger partial charge < -0.3 is 0 Å². The monoisotopic (exact) mass is 162 g/mol. The lowest BCUT2D eigenvalue weighted by Crippen LogP contribution is -2.17. The standard InChI is InChI=1S/C12H18/c1-7-10(3)11(4)9-12(5,6)8-2/h1-2,10-11H,9H2,3-6H3. The van der Waals surface area contributed by atoms with E-state index in [1.165, 1.54) is 0 Å². The van der Waals surface area contributed by atoms with Crippen molar-refractivity contribution in [2.45, 2.75) is 34.1 Å².